The molecule has 1 N–H and O–H groups in total. The zero-order valence-electron chi connectivity index (χ0n) is 28.0. The van der Waals surface area contributed by atoms with Crippen LogP contribution in [-0.2, 0) is 32.6 Å². The van der Waals surface area contributed by atoms with Gasteiger partial charge in [0.15, 0.2) is 0 Å². The molecule has 0 unspecified atom stereocenters. The Kier molecular flexibility index (Phi) is 13.0. The molecule has 262 valence electrons. The van der Waals surface area contributed by atoms with Crippen LogP contribution in [-0.4, -0.2) is 52.8 Å². The van der Waals surface area contributed by atoms with Crippen molar-refractivity contribution < 1.29 is 45.4 Å². The van der Waals surface area contributed by atoms with Gasteiger partial charge in [-0.2, -0.15) is 0 Å². The summed E-state index contributed by atoms with van der Waals surface area (Å²) in [7, 11) is 0. The number of hydrogen-bond donors (Lipinski definition) is 1. The molecule has 50 heavy (non-hydrogen) atoms. The van der Waals surface area contributed by atoms with Gasteiger partial charge in [-0.25, -0.2) is 9.18 Å². The molecule has 1 fully saturated rings. The summed E-state index contributed by atoms with van der Waals surface area (Å²) in [6, 6.07) is 27.4. The topological polar surface area (TPSA) is 129 Å². The number of aliphatic imine (C=N–C) groups is 2. The summed E-state index contributed by atoms with van der Waals surface area (Å²) in [5.74, 6) is -2.43. The first-order valence-corrected chi connectivity index (χ1v) is 16.2. The van der Waals surface area contributed by atoms with Crippen LogP contribution in [0.25, 0.3) is 0 Å². The van der Waals surface area contributed by atoms with E-state index in [0.717, 1.165) is 30.7 Å². The zero-order valence-corrected chi connectivity index (χ0v) is 29.0. The monoisotopic (exact) mass is 720 g/mol. The normalized spacial score (nSPS) is 16.6. The molecule has 0 aromatic heterocycles. The number of halogens is 1. The number of likely N-dealkylation sites (tertiary alicyclic amines) is 1. The number of carboxylic acids is 1. The Bertz CT molecular complexity index is 1800. The van der Waals surface area contributed by atoms with Crippen molar-refractivity contribution >= 4 is 29.4 Å². The number of rotatable bonds is 11. The third-order valence-electron chi connectivity index (χ3n) is 8.04. The summed E-state index contributed by atoms with van der Waals surface area (Å²) in [6.07, 6.45) is 0.640. The standard InChI is InChI=1S/C39H41FN4O5.Ni/c1-39(2,3)49-38(48)43-34(28-20-22-29(40)23-21-28)35(37(46)47)42-33(27-15-8-5-9-16-27)30-17-10-11-18-31(30)41-36(45)32-19-12-24-44(32)25-26-13-6-4-7-14-26;/h4-11,13-18,20-23,32,34-35H,12,19,24-25H2,1-3H3,(H,41,45)(H,43,48)(H,46,47);/q;+2/p-2/t32-,34+,35-;/m1./s1. The van der Waals surface area contributed by atoms with Crippen LogP contribution in [0.15, 0.2) is 119 Å². The van der Waals surface area contributed by atoms with Crippen LogP contribution in [0.3, 0.4) is 0 Å². The third-order valence-corrected chi connectivity index (χ3v) is 8.04. The summed E-state index contributed by atoms with van der Waals surface area (Å²) in [5.41, 5.74) is 1.98. The van der Waals surface area contributed by atoms with Gasteiger partial charge in [-0.3, -0.25) is 14.9 Å². The van der Waals surface area contributed by atoms with E-state index in [9.17, 15) is 24.2 Å². The number of para-hydroxylation sites is 1. The van der Waals surface area contributed by atoms with Crippen LogP contribution in [0.1, 0.15) is 61.9 Å². The quantitative estimate of drug-likeness (QED) is 0.130. The molecule has 0 radical (unpaired) electrons. The minimum Gasteiger partial charge on any atom is -0.861 e. The van der Waals surface area contributed by atoms with Crippen molar-refractivity contribution in [2.75, 3.05) is 6.54 Å². The van der Waals surface area contributed by atoms with E-state index in [2.05, 4.69) is 15.2 Å². The largest absolute Gasteiger partial charge is 2.00 e. The van der Waals surface area contributed by atoms with Crippen molar-refractivity contribution in [3.05, 3.63) is 137 Å². The number of nitrogens with one attached hydrogen (secondary N) is 1. The minimum absolute atomic E-state index is 0. The van der Waals surface area contributed by atoms with Crippen molar-refractivity contribution in [2.24, 2.45) is 9.98 Å². The number of alkyl carbamates (subject to hydrolysis) is 1. The Morgan fingerprint density at radius 1 is 0.920 bits per heavy atom. The average Bonchev–Trinajstić information content (AvgIpc) is 3.53. The molecule has 11 heteroatoms. The molecule has 1 aliphatic heterocycles. The van der Waals surface area contributed by atoms with Gasteiger partial charge in [0.05, 0.1) is 23.4 Å². The number of carbonyl (C=O) groups excluding carboxylic acids is 2. The first-order valence-electron chi connectivity index (χ1n) is 16.2. The van der Waals surface area contributed by atoms with Crippen LogP contribution in [0, 0.1) is 5.82 Å². The Balaban J connectivity index is 0.00000562. The molecule has 5 rings (SSSR count). The Hall–Kier alpha value is -4.86. The van der Waals surface area contributed by atoms with E-state index < -0.39 is 41.6 Å². The predicted molar refractivity (Wildman–Crippen MR) is 183 cm³/mol. The molecule has 3 atom stereocenters. The van der Waals surface area contributed by atoms with Gasteiger partial charge in [0.1, 0.15) is 17.5 Å². The van der Waals surface area contributed by atoms with Gasteiger partial charge < -0.3 is 25.1 Å². The Morgan fingerprint density at radius 3 is 2.18 bits per heavy atom. The number of nitrogens with zero attached hydrogens (tertiary/aromatic N) is 3. The number of carbonyl (C=O) groups is 2. The fourth-order valence-electron chi connectivity index (χ4n) is 5.82. The van der Waals surface area contributed by atoms with Crippen LogP contribution in [0.5, 0.6) is 0 Å². The maximum atomic E-state index is 13.9. The summed E-state index contributed by atoms with van der Waals surface area (Å²) < 4.78 is 19.4. The van der Waals surface area contributed by atoms with Crippen molar-refractivity contribution in [1.29, 1.82) is 0 Å². The molecule has 0 saturated carbocycles. The fourth-order valence-corrected chi connectivity index (χ4v) is 5.82. The van der Waals surface area contributed by atoms with Gasteiger partial charge in [0.2, 0.25) is 0 Å². The van der Waals surface area contributed by atoms with Crippen molar-refractivity contribution in [3.8, 4) is 0 Å². The second kappa shape index (κ2) is 17.2. The SMILES string of the molecule is CC(C)(C)OC(=O)N[C@@H](c1ccc(F)cc1)[C@@H](N=C(c1ccccc1)c1ccccc1N=C([O-])[C@H]1CCCN1Cc1ccccc1)C(=O)[O-].[Ni+2]. The van der Waals surface area contributed by atoms with Gasteiger partial charge in [-0.1, -0.05) is 91.0 Å². The molecule has 0 bridgehead atoms. The second-order valence-electron chi connectivity index (χ2n) is 12.9. The fraction of sp³-hybridized carbons (Fsp3) is 0.282. The molecular formula is C39H39FN4NiO5. The number of hydrogen-bond acceptors (Lipinski definition) is 8. The number of carboxylic acid groups (broad SMARTS) is 1. The molecule has 1 amide bonds. The average molecular weight is 721 g/mol. The van der Waals surface area contributed by atoms with Crippen molar-refractivity contribution in [3.63, 3.8) is 0 Å². The maximum Gasteiger partial charge on any atom is 2.00 e. The van der Waals surface area contributed by atoms with Gasteiger partial charge in [0.25, 0.3) is 0 Å². The van der Waals surface area contributed by atoms with Gasteiger partial charge in [0, 0.05) is 23.7 Å². The summed E-state index contributed by atoms with van der Waals surface area (Å²) in [5, 5.41) is 29.3. The van der Waals surface area contributed by atoms with E-state index in [-0.39, 0.29) is 33.7 Å². The van der Waals surface area contributed by atoms with Crippen molar-refractivity contribution in [1.82, 2.24) is 10.2 Å². The molecule has 4 aromatic rings. The first-order chi connectivity index (χ1) is 23.5. The van der Waals surface area contributed by atoms with E-state index in [1.807, 2.05) is 36.4 Å². The maximum absolute atomic E-state index is 13.9. The second-order valence-corrected chi connectivity index (χ2v) is 12.9. The molecule has 1 aliphatic rings. The van der Waals surface area contributed by atoms with E-state index in [4.69, 9.17) is 9.73 Å². The van der Waals surface area contributed by atoms with Gasteiger partial charge >= 0.3 is 22.6 Å². The Morgan fingerprint density at radius 2 is 1.54 bits per heavy atom. The zero-order chi connectivity index (χ0) is 35.0. The first kappa shape index (κ1) is 38.0. The summed E-state index contributed by atoms with van der Waals surface area (Å²) in [4.78, 5) is 37.3. The molecular weight excluding hydrogens is 682 g/mol. The number of benzene rings is 4. The molecule has 0 spiro atoms. The third kappa shape index (κ3) is 10.1. The smallest absolute Gasteiger partial charge is 0.861 e. The number of aliphatic carboxylic acids is 1. The summed E-state index contributed by atoms with van der Waals surface area (Å²) in [6.45, 7) is 6.41. The number of ether oxygens (including phenoxy) is 1. The van der Waals surface area contributed by atoms with E-state index in [1.165, 1.54) is 12.1 Å². The minimum atomic E-state index is -1.70. The van der Waals surface area contributed by atoms with Crippen molar-refractivity contribution in [2.45, 2.75) is 63.9 Å². The molecule has 4 aromatic carbocycles. The summed E-state index contributed by atoms with van der Waals surface area (Å²) >= 11 is 0. The van der Waals surface area contributed by atoms with Crippen LogP contribution in [0.4, 0.5) is 14.9 Å². The van der Waals surface area contributed by atoms with Gasteiger partial charge in [-0.05, 0) is 75.4 Å². The van der Waals surface area contributed by atoms with Crippen LogP contribution >= 0.6 is 0 Å². The molecule has 0 aliphatic carbocycles. The van der Waals surface area contributed by atoms with Crippen LogP contribution in [0.2, 0.25) is 0 Å². The van der Waals surface area contributed by atoms with Crippen LogP contribution < -0.4 is 15.5 Å². The van der Waals surface area contributed by atoms with Gasteiger partial charge in [-0.15, -0.1) is 0 Å². The molecule has 1 saturated heterocycles. The predicted octanol–water partition coefficient (Wildman–Crippen LogP) is 5.10. The van der Waals surface area contributed by atoms with E-state index in [1.54, 1.807) is 69.3 Å². The molecule has 9 nitrogen and oxygen atoms in total. The van der Waals surface area contributed by atoms with E-state index in [0.29, 0.717) is 29.8 Å². The Labute approximate surface area is 301 Å². The van der Waals surface area contributed by atoms with E-state index >= 15 is 0 Å². The number of amides is 1. The molecule has 1 heterocycles.